The second kappa shape index (κ2) is 7.35. The number of amides is 2. The number of nitrogens with one attached hydrogen (secondary N) is 3. The Hall–Kier alpha value is -1.47. The fraction of sp³-hybridized carbons (Fsp3) is 0.769. The van der Waals surface area contributed by atoms with E-state index < -0.39 is 0 Å². The van der Waals surface area contributed by atoms with Gasteiger partial charge in [0.25, 0.3) is 0 Å². The lowest BCUT2D eigenvalue weighted by Gasteiger charge is -2.34. The second-order valence-electron chi connectivity index (χ2n) is 5.22. The Morgan fingerprint density at radius 1 is 1.45 bits per heavy atom. The average Bonchev–Trinajstić information content (AvgIpc) is 2.47. The zero-order chi connectivity index (χ0) is 14.4. The van der Waals surface area contributed by atoms with Gasteiger partial charge in [0, 0.05) is 13.2 Å². The largest absolute Gasteiger partial charge is 0.396 e. The highest BCUT2D eigenvalue weighted by molar-refractivity contribution is 6.07. The maximum Gasteiger partial charge on any atom is 0.245 e. The third-order valence-corrected chi connectivity index (χ3v) is 3.71. The van der Waals surface area contributed by atoms with Gasteiger partial charge in [-0.15, -0.1) is 0 Å². The van der Waals surface area contributed by atoms with Crippen molar-refractivity contribution in [3.8, 4) is 0 Å². The van der Waals surface area contributed by atoms with Crippen molar-refractivity contribution in [3.63, 3.8) is 0 Å². The molecule has 0 bridgehead atoms. The molecule has 0 saturated carbocycles. The van der Waals surface area contributed by atoms with Crippen LogP contribution in [0.2, 0.25) is 0 Å². The standard InChI is InChI=1S/C13H22N4O3/c18-7-2-1-5-14-11(19)8-10-12-9(4-3-6-15-12)13(20)17-16-10/h9,12,15,18H,1-8H2,(H,14,19)(H,17,20). The van der Waals surface area contributed by atoms with Gasteiger partial charge in [-0.05, 0) is 32.2 Å². The lowest BCUT2D eigenvalue weighted by atomic mass is 9.85. The minimum Gasteiger partial charge on any atom is -0.396 e. The number of rotatable bonds is 6. The minimum absolute atomic E-state index is 0.0608. The van der Waals surface area contributed by atoms with Gasteiger partial charge in [-0.3, -0.25) is 9.59 Å². The number of nitrogens with zero attached hydrogens (tertiary/aromatic N) is 1. The predicted octanol–water partition coefficient (Wildman–Crippen LogP) is -0.881. The zero-order valence-corrected chi connectivity index (χ0v) is 11.5. The Morgan fingerprint density at radius 3 is 3.10 bits per heavy atom. The molecule has 2 aliphatic heterocycles. The molecule has 0 radical (unpaired) electrons. The predicted molar refractivity (Wildman–Crippen MR) is 74.0 cm³/mol. The van der Waals surface area contributed by atoms with Crippen molar-refractivity contribution >= 4 is 17.5 Å². The molecule has 1 fully saturated rings. The molecule has 0 aromatic rings. The molecule has 0 aliphatic carbocycles. The van der Waals surface area contributed by atoms with Crippen LogP contribution in [0.5, 0.6) is 0 Å². The third-order valence-electron chi connectivity index (χ3n) is 3.71. The molecule has 2 unspecified atom stereocenters. The molecule has 7 nitrogen and oxygen atoms in total. The molecule has 1 saturated heterocycles. The Balaban J connectivity index is 1.84. The molecule has 0 spiro atoms. The molecular formula is C13H22N4O3. The monoisotopic (exact) mass is 282 g/mol. The van der Waals surface area contributed by atoms with Crippen LogP contribution in [0.4, 0.5) is 0 Å². The van der Waals surface area contributed by atoms with Gasteiger partial charge >= 0.3 is 0 Å². The number of aliphatic hydroxyl groups is 1. The molecule has 0 aromatic carbocycles. The molecule has 2 aliphatic rings. The summed E-state index contributed by atoms with van der Waals surface area (Å²) in [5.74, 6) is -0.267. The summed E-state index contributed by atoms with van der Waals surface area (Å²) in [5, 5.41) is 18.8. The Labute approximate surface area is 118 Å². The third kappa shape index (κ3) is 3.77. The quantitative estimate of drug-likeness (QED) is 0.475. The molecule has 20 heavy (non-hydrogen) atoms. The van der Waals surface area contributed by atoms with E-state index in [0.717, 1.165) is 25.8 Å². The smallest absolute Gasteiger partial charge is 0.245 e. The fourth-order valence-electron chi connectivity index (χ4n) is 2.64. The first-order valence-corrected chi connectivity index (χ1v) is 7.19. The Kier molecular flexibility index (Phi) is 5.49. The molecule has 2 amide bonds. The number of fused-ring (bicyclic) bond motifs is 1. The Morgan fingerprint density at radius 2 is 2.30 bits per heavy atom. The first-order chi connectivity index (χ1) is 9.72. The maximum atomic E-state index is 11.8. The SMILES string of the molecule is O=C(CC1=NNC(=O)C2CCCNC12)NCCCCO. The van der Waals surface area contributed by atoms with Crippen LogP contribution in [0, 0.1) is 5.92 Å². The van der Waals surface area contributed by atoms with Crippen LogP contribution in [0.1, 0.15) is 32.1 Å². The van der Waals surface area contributed by atoms with Crippen molar-refractivity contribution in [2.75, 3.05) is 19.7 Å². The minimum atomic E-state index is -0.113. The number of carbonyl (C=O) groups excluding carboxylic acids is 2. The van der Waals surface area contributed by atoms with Crippen molar-refractivity contribution < 1.29 is 14.7 Å². The fourth-order valence-corrected chi connectivity index (χ4v) is 2.64. The van der Waals surface area contributed by atoms with Gasteiger partial charge in [-0.2, -0.15) is 5.10 Å². The molecule has 112 valence electrons. The van der Waals surface area contributed by atoms with E-state index in [4.69, 9.17) is 5.11 Å². The summed E-state index contributed by atoms with van der Waals surface area (Å²) in [6, 6.07) is -0.110. The topological polar surface area (TPSA) is 103 Å². The number of hydrogen-bond acceptors (Lipinski definition) is 5. The average molecular weight is 282 g/mol. The molecule has 0 aromatic heterocycles. The van der Waals surface area contributed by atoms with Crippen LogP contribution in [0.3, 0.4) is 0 Å². The number of piperidine rings is 1. The van der Waals surface area contributed by atoms with Gasteiger partial charge in [0.05, 0.1) is 24.1 Å². The van der Waals surface area contributed by atoms with E-state index in [-0.39, 0.29) is 36.8 Å². The van der Waals surface area contributed by atoms with Gasteiger partial charge in [-0.25, -0.2) is 5.43 Å². The van der Waals surface area contributed by atoms with E-state index in [9.17, 15) is 9.59 Å². The molecule has 4 N–H and O–H groups in total. The normalized spacial score (nSPS) is 25.4. The second-order valence-corrected chi connectivity index (χ2v) is 5.22. The maximum absolute atomic E-state index is 11.8. The molecule has 2 rings (SSSR count). The van der Waals surface area contributed by atoms with E-state index in [1.54, 1.807) is 0 Å². The van der Waals surface area contributed by atoms with Crippen molar-refractivity contribution in [1.82, 2.24) is 16.1 Å². The number of hydrazone groups is 1. The summed E-state index contributed by atoms with van der Waals surface area (Å²) in [6.07, 6.45) is 3.45. The first kappa shape index (κ1) is 14.9. The van der Waals surface area contributed by atoms with Gasteiger partial charge in [0.1, 0.15) is 0 Å². The summed E-state index contributed by atoms with van der Waals surface area (Å²) in [5.41, 5.74) is 3.21. The van der Waals surface area contributed by atoms with Gasteiger partial charge < -0.3 is 15.7 Å². The summed E-state index contributed by atoms with van der Waals surface area (Å²) in [6.45, 7) is 1.55. The summed E-state index contributed by atoms with van der Waals surface area (Å²) in [4.78, 5) is 23.6. The summed E-state index contributed by atoms with van der Waals surface area (Å²) in [7, 11) is 0. The zero-order valence-electron chi connectivity index (χ0n) is 11.5. The number of unbranched alkanes of at least 4 members (excludes halogenated alkanes) is 1. The number of aliphatic hydroxyl groups excluding tert-OH is 1. The van der Waals surface area contributed by atoms with Crippen LogP contribution in [0.25, 0.3) is 0 Å². The van der Waals surface area contributed by atoms with Crippen molar-refractivity contribution in [2.45, 2.75) is 38.1 Å². The molecular weight excluding hydrogens is 260 g/mol. The van der Waals surface area contributed by atoms with E-state index >= 15 is 0 Å². The van der Waals surface area contributed by atoms with Gasteiger partial charge in [-0.1, -0.05) is 0 Å². The van der Waals surface area contributed by atoms with Crippen molar-refractivity contribution in [1.29, 1.82) is 0 Å². The van der Waals surface area contributed by atoms with Crippen molar-refractivity contribution in [3.05, 3.63) is 0 Å². The number of hydrogen-bond donors (Lipinski definition) is 4. The lowest BCUT2D eigenvalue weighted by molar-refractivity contribution is -0.127. The first-order valence-electron chi connectivity index (χ1n) is 7.19. The van der Waals surface area contributed by atoms with Crippen LogP contribution in [-0.2, 0) is 9.59 Å². The highest BCUT2D eigenvalue weighted by Crippen LogP contribution is 2.21. The lowest BCUT2D eigenvalue weighted by Crippen LogP contribution is -2.56. The van der Waals surface area contributed by atoms with Crippen LogP contribution < -0.4 is 16.1 Å². The van der Waals surface area contributed by atoms with E-state index in [1.165, 1.54) is 0 Å². The molecule has 2 atom stereocenters. The van der Waals surface area contributed by atoms with Gasteiger partial charge in [0.2, 0.25) is 11.8 Å². The van der Waals surface area contributed by atoms with Crippen LogP contribution >= 0.6 is 0 Å². The Bertz CT molecular complexity index is 397. The van der Waals surface area contributed by atoms with Crippen LogP contribution in [0.15, 0.2) is 5.10 Å². The highest BCUT2D eigenvalue weighted by Gasteiger charge is 2.37. The molecule has 2 heterocycles. The van der Waals surface area contributed by atoms with Crippen LogP contribution in [-0.4, -0.2) is 48.4 Å². The van der Waals surface area contributed by atoms with Gasteiger partial charge in [0.15, 0.2) is 0 Å². The van der Waals surface area contributed by atoms with Crippen molar-refractivity contribution in [2.24, 2.45) is 11.0 Å². The molecule has 7 heteroatoms. The van der Waals surface area contributed by atoms with E-state index in [1.807, 2.05) is 0 Å². The van der Waals surface area contributed by atoms with E-state index in [0.29, 0.717) is 18.7 Å². The summed E-state index contributed by atoms with van der Waals surface area (Å²) < 4.78 is 0. The number of carbonyl (C=O) groups is 2. The van der Waals surface area contributed by atoms with E-state index in [2.05, 4.69) is 21.2 Å². The summed E-state index contributed by atoms with van der Waals surface area (Å²) >= 11 is 0. The highest BCUT2D eigenvalue weighted by atomic mass is 16.3.